The van der Waals surface area contributed by atoms with E-state index >= 15 is 0 Å². The third kappa shape index (κ3) is 4.37. The quantitative estimate of drug-likeness (QED) is 0.759. The van der Waals surface area contributed by atoms with E-state index in [9.17, 15) is 4.79 Å². The van der Waals surface area contributed by atoms with Crippen molar-refractivity contribution in [1.29, 1.82) is 0 Å². The van der Waals surface area contributed by atoms with Gasteiger partial charge in [-0.15, -0.1) is 0 Å². The summed E-state index contributed by atoms with van der Waals surface area (Å²) < 4.78 is 2.01. The molecule has 1 atom stereocenters. The molecule has 1 N–H and O–H groups in total. The molecule has 140 valence electrons. The summed E-state index contributed by atoms with van der Waals surface area (Å²) in [7, 11) is 0. The normalized spacial score (nSPS) is 17.9. The van der Waals surface area contributed by atoms with Crippen LogP contribution in [0.1, 0.15) is 35.6 Å². The third-order valence-electron chi connectivity index (χ3n) is 5.26. The maximum atomic E-state index is 12.4. The van der Waals surface area contributed by atoms with Crippen LogP contribution in [0.25, 0.3) is 5.65 Å². The Morgan fingerprint density at radius 1 is 1.19 bits per heavy atom. The van der Waals surface area contributed by atoms with Crippen molar-refractivity contribution < 1.29 is 4.79 Å². The lowest BCUT2D eigenvalue weighted by molar-refractivity contribution is -0.122. The number of aromatic nitrogens is 2. The number of hydrogen-bond donors (Lipinski definition) is 1. The largest absolute Gasteiger partial charge is 0.349 e. The van der Waals surface area contributed by atoms with Crippen molar-refractivity contribution in [3.63, 3.8) is 0 Å². The Kier molecular flexibility index (Phi) is 5.21. The summed E-state index contributed by atoms with van der Waals surface area (Å²) in [6.07, 6.45) is 6.36. The molecule has 0 unspecified atom stereocenters. The van der Waals surface area contributed by atoms with Crippen molar-refractivity contribution in [3.8, 4) is 0 Å². The number of imidazole rings is 1. The third-order valence-corrected chi connectivity index (χ3v) is 5.26. The average molecular weight is 362 g/mol. The monoisotopic (exact) mass is 362 g/mol. The zero-order valence-electron chi connectivity index (χ0n) is 15.8. The molecule has 27 heavy (non-hydrogen) atoms. The molecule has 1 fully saturated rings. The molecule has 5 nitrogen and oxygen atoms in total. The molecule has 1 aliphatic rings. The molecule has 4 rings (SSSR count). The van der Waals surface area contributed by atoms with Crippen molar-refractivity contribution in [2.45, 2.75) is 32.2 Å². The molecule has 0 spiro atoms. The summed E-state index contributed by atoms with van der Waals surface area (Å²) in [5.41, 5.74) is 4.36. The molecule has 1 aromatic carbocycles. The number of nitrogens with zero attached hydrogens (tertiary/aromatic N) is 3. The van der Waals surface area contributed by atoms with Crippen molar-refractivity contribution in [2.75, 3.05) is 19.6 Å². The van der Waals surface area contributed by atoms with Crippen LogP contribution in [-0.4, -0.2) is 39.8 Å². The molecule has 0 saturated carbocycles. The van der Waals surface area contributed by atoms with Crippen LogP contribution in [0, 0.1) is 6.92 Å². The number of nitrogens with one attached hydrogen (secondary N) is 1. The first-order valence-corrected chi connectivity index (χ1v) is 9.65. The predicted molar refractivity (Wildman–Crippen MR) is 107 cm³/mol. The van der Waals surface area contributed by atoms with Gasteiger partial charge in [-0.1, -0.05) is 36.4 Å². The van der Waals surface area contributed by atoms with Gasteiger partial charge in [0.2, 0.25) is 5.91 Å². The fourth-order valence-corrected chi connectivity index (χ4v) is 3.89. The number of likely N-dealkylation sites (tertiary alicyclic amines) is 1. The number of rotatable bonds is 5. The molecule has 1 saturated heterocycles. The van der Waals surface area contributed by atoms with Crippen molar-refractivity contribution >= 4 is 11.6 Å². The number of amides is 1. The fraction of sp³-hybridized carbons (Fsp3) is 0.364. The molecule has 3 heterocycles. The Morgan fingerprint density at radius 3 is 2.89 bits per heavy atom. The Morgan fingerprint density at radius 2 is 2.04 bits per heavy atom. The Bertz CT molecular complexity index is 918. The molecule has 1 amide bonds. The summed E-state index contributed by atoms with van der Waals surface area (Å²) in [4.78, 5) is 19.2. The van der Waals surface area contributed by atoms with Gasteiger partial charge >= 0.3 is 0 Å². The van der Waals surface area contributed by atoms with E-state index in [1.807, 2.05) is 28.9 Å². The lowest BCUT2D eigenvalue weighted by Gasteiger charge is -2.32. The first kappa shape index (κ1) is 17.7. The maximum absolute atomic E-state index is 12.4. The van der Waals surface area contributed by atoms with E-state index in [1.54, 1.807) is 0 Å². The van der Waals surface area contributed by atoms with E-state index in [0.717, 1.165) is 30.9 Å². The number of benzene rings is 1. The van der Waals surface area contributed by atoms with Crippen LogP contribution in [0.3, 0.4) is 0 Å². The van der Waals surface area contributed by atoms with Gasteiger partial charge in [-0.05, 0) is 49.4 Å². The van der Waals surface area contributed by atoms with Gasteiger partial charge in [0.15, 0.2) is 0 Å². The predicted octanol–water partition coefficient (Wildman–Crippen LogP) is 3.14. The first-order chi connectivity index (χ1) is 13.2. The summed E-state index contributed by atoms with van der Waals surface area (Å²) in [5.74, 6) is 0.589. The van der Waals surface area contributed by atoms with Crippen LogP contribution < -0.4 is 5.32 Å². The number of hydrogen-bond acceptors (Lipinski definition) is 3. The first-order valence-electron chi connectivity index (χ1n) is 9.65. The van der Waals surface area contributed by atoms with Crippen LogP contribution >= 0.6 is 0 Å². The van der Waals surface area contributed by atoms with E-state index in [2.05, 4.69) is 52.5 Å². The van der Waals surface area contributed by atoms with Gasteiger partial charge in [-0.25, -0.2) is 4.98 Å². The Labute approximate surface area is 160 Å². The minimum Gasteiger partial charge on any atom is -0.349 e. The molecule has 3 aromatic rings. The minimum atomic E-state index is 0.0666. The highest BCUT2D eigenvalue weighted by molar-refractivity contribution is 5.78. The fourth-order valence-electron chi connectivity index (χ4n) is 3.89. The van der Waals surface area contributed by atoms with E-state index in [4.69, 9.17) is 0 Å². The van der Waals surface area contributed by atoms with Gasteiger partial charge < -0.3 is 9.72 Å². The second kappa shape index (κ2) is 7.92. The van der Waals surface area contributed by atoms with Crippen LogP contribution in [-0.2, 0) is 11.3 Å². The van der Waals surface area contributed by atoms with Crippen molar-refractivity contribution in [3.05, 3.63) is 71.7 Å². The smallest absolute Gasteiger partial charge is 0.234 e. The van der Waals surface area contributed by atoms with Crippen molar-refractivity contribution in [2.24, 2.45) is 0 Å². The standard InChI is InChI=1S/C22H26N4O/c1-17-9-10-21-24-20(15-26(21)13-17)12-23-22(27)16-25-11-5-8-19(14-25)18-6-3-2-4-7-18/h2-4,6-7,9-10,13,15,19H,5,8,11-12,14,16H2,1H3,(H,23,27)/t19-/m0/s1. The molecule has 2 aromatic heterocycles. The highest BCUT2D eigenvalue weighted by Gasteiger charge is 2.22. The van der Waals surface area contributed by atoms with Crippen molar-refractivity contribution in [1.82, 2.24) is 19.6 Å². The number of piperidine rings is 1. The van der Waals surface area contributed by atoms with Crippen LogP contribution in [0.4, 0.5) is 0 Å². The second-order valence-corrected chi connectivity index (χ2v) is 7.47. The van der Waals surface area contributed by atoms with Crippen LogP contribution in [0.5, 0.6) is 0 Å². The number of fused-ring (bicyclic) bond motifs is 1. The van der Waals surface area contributed by atoms with Gasteiger partial charge in [0.05, 0.1) is 18.8 Å². The molecule has 0 bridgehead atoms. The molecule has 0 radical (unpaired) electrons. The summed E-state index contributed by atoms with van der Waals surface area (Å²) >= 11 is 0. The zero-order valence-corrected chi connectivity index (χ0v) is 15.8. The number of carbonyl (C=O) groups excluding carboxylic acids is 1. The topological polar surface area (TPSA) is 49.6 Å². The van der Waals surface area contributed by atoms with E-state index in [0.29, 0.717) is 19.0 Å². The lowest BCUT2D eigenvalue weighted by Crippen LogP contribution is -2.41. The number of pyridine rings is 1. The summed E-state index contributed by atoms with van der Waals surface area (Å²) in [6.45, 7) is 4.92. The molecule has 0 aliphatic carbocycles. The highest BCUT2D eigenvalue weighted by Crippen LogP contribution is 2.26. The Hall–Kier alpha value is -2.66. The van der Waals surface area contributed by atoms with Crippen LogP contribution in [0.2, 0.25) is 0 Å². The summed E-state index contributed by atoms with van der Waals surface area (Å²) in [5, 5.41) is 3.02. The Balaban J connectivity index is 1.30. The SMILES string of the molecule is Cc1ccc2nc(CNC(=O)CN3CCC[C@H](c4ccccc4)C3)cn2c1. The minimum absolute atomic E-state index is 0.0666. The molecule has 1 aliphatic heterocycles. The number of aryl methyl sites for hydroxylation is 1. The molecular weight excluding hydrogens is 336 g/mol. The zero-order chi connectivity index (χ0) is 18.6. The second-order valence-electron chi connectivity index (χ2n) is 7.47. The van der Waals surface area contributed by atoms with E-state index in [1.165, 1.54) is 17.5 Å². The van der Waals surface area contributed by atoms with E-state index < -0.39 is 0 Å². The number of carbonyl (C=O) groups is 1. The maximum Gasteiger partial charge on any atom is 0.234 e. The van der Waals surface area contributed by atoms with Gasteiger partial charge in [-0.3, -0.25) is 9.69 Å². The average Bonchev–Trinajstić information content (AvgIpc) is 3.09. The van der Waals surface area contributed by atoms with Gasteiger partial charge in [0, 0.05) is 18.9 Å². The van der Waals surface area contributed by atoms with Crippen LogP contribution in [0.15, 0.2) is 54.9 Å². The van der Waals surface area contributed by atoms with Gasteiger partial charge in [-0.2, -0.15) is 0 Å². The molecule has 5 heteroatoms. The van der Waals surface area contributed by atoms with Gasteiger partial charge in [0.1, 0.15) is 5.65 Å². The van der Waals surface area contributed by atoms with Gasteiger partial charge in [0.25, 0.3) is 0 Å². The lowest BCUT2D eigenvalue weighted by atomic mass is 9.91. The van der Waals surface area contributed by atoms with E-state index in [-0.39, 0.29) is 5.91 Å². The highest BCUT2D eigenvalue weighted by atomic mass is 16.2. The molecular formula is C22H26N4O. The summed E-state index contributed by atoms with van der Waals surface area (Å²) in [6, 6.07) is 14.7.